The maximum absolute atomic E-state index is 4.99. The standard InChI is InChI=1S/C8H19NSSi/c1-8(10)6-5-7-9-11(2,3)4/h9H,5-7H2,1-4H3. The Bertz CT molecular complexity index is 129. The second kappa shape index (κ2) is 5.01. The molecule has 11 heavy (non-hydrogen) atoms. The number of hydrogen-bond donors (Lipinski definition) is 1. The van der Waals surface area contributed by atoms with Crippen molar-refractivity contribution in [1.82, 2.24) is 4.98 Å². The second-order valence-electron chi connectivity index (χ2n) is 3.98. The summed E-state index contributed by atoms with van der Waals surface area (Å²) >= 11 is 4.99. The maximum Gasteiger partial charge on any atom is 0.116 e. The van der Waals surface area contributed by atoms with Crippen LogP contribution >= 0.6 is 12.2 Å². The van der Waals surface area contributed by atoms with Crippen LogP contribution in [0.2, 0.25) is 19.6 Å². The second-order valence-corrected chi connectivity index (χ2v) is 9.53. The van der Waals surface area contributed by atoms with Crippen molar-refractivity contribution >= 4 is 25.3 Å². The van der Waals surface area contributed by atoms with E-state index in [-0.39, 0.29) is 0 Å². The van der Waals surface area contributed by atoms with Gasteiger partial charge in [-0.1, -0.05) is 31.9 Å². The van der Waals surface area contributed by atoms with Gasteiger partial charge in [-0.05, 0) is 31.2 Å². The van der Waals surface area contributed by atoms with Gasteiger partial charge < -0.3 is 4.98 Å². The van der Waals surface area contributed by atoms with Crippen molar-refractivity contribution in [1.29, 1.82) is 0 Å². The highest BCUT2D eigenvalue weighted by molar-refractivity contribution is 7.80. The van der Waals surface area contributed by atoms with Crippen molar-refractivity contribution in [3.8, 4) is 0 Å². The molecule has 0 rings (SSSR count). The molecule has 0 heterocycles. The van der Waals surface area contributed by atoms with Crippen molar-refractivity contribution in [3.63, 3.8) is 0 Å². The van der Waals surface area contributed by atoms with Crippen LogP contribution in [0.25, 0.3) is 0 Å². The topological polar surface area (TPSA) is 12.0 Å². The molecule has 0 bridgehead atoms. The van der Waals surface area contributed by atoms with Crippen LogP contribution in [0.15, 0.2) is 0 Å². The zero-order valence-corrected chi connectivity index (χ0v) is 9.85. The van der Waals surface area contributed by atoms with Crippen molar-refractivity contribution in [2.24, 2.45) is 0 Å². The fourth-order valence-electron chi connectivity index (χ4n) is 0.801. The van der Waals surface area contributed by atoms with E-state index in [0.717, 1.165) is 17.8 Å². The lowest BCUT2D eigenvalue weighted by atomic mass is 10.2. The molecule has 0 saturated heterocycles. The van der Waals surface area contributed by atoms with Gasteiger partial charge in [0.25, 0.3) is 0 Å². The van der Waals surface area contributed by atoms with E-state index in [4.69, 9.17) is 12.2 Å². The predicted octanol–water partition coefficient (Wildman–Crippen LogP) is 2.58. The molecule has 0 aliphatic heterocycles. The van der Waals surface area contributed by atoms with E-state index in [1.807, 2.05) is 6.92 Å². The van der Waals surface area contributed by atoms with E-state index >= 15 is 0 Å². The minimum absolute atomic E-state index is 1.02. The summed E-state index contributed by atoms with van der Waals surface area (Å²) in [6.07, 6.45) is 2.28. The molecule has 0 aromatic carbocycles. The van der Waals surface area contributed by atoms with Crippen LogP contribution in [0.3, 0.4) is 0 Å². The van der Waals surface area contributed by atoms with E-state index < -0.39 is 8.24 Å². The van der Waals surface area contributed by atoms with Gasteiger partial charge in [-0.15, -0.1) is 0 Å². The Kier molecular flexibility index (Phi) is 5.13. The van der Waals surface area contributed by atoms with Gasteiger partial charge in [0, 0.05) is 0 Å². The van der Waals surface area contributed by atoms with E-state index in [2.05, 4.69) is 24.6 Å². The summed E-state index contributed by atoms with van der Waals surface area (Å²) in [7, 11) is -1.02. The summed E-state index contributed by atoms with van der Waals surface area (Å²) in [5, 5.41) is 0. The fraction of sp³-hybridized carbons (Fsp3) is 0.875. The Morgan fingerprint density at radius 2 is 1.91 bits per heavy atom. The Balaban J connectivity index is 3.22. The molecule has 66 valence electrons. The summed E-state index contributed by atoms with van der Waals surface area (Å²) in [5.41, 5.74) is 0. The molecular weight excluding hydrogens is 170 g/mol. The molecule has 0 aromatic rings. The van der Waals surface area contributed by atoms with Gasteiger partial charge in [0.1, 0.15) is 8.24 Å². The quantitative estimate of drug-likeness (QED) is 0.405. The van der Waals surface area contributed by atoms with Crippen molar-refractivity contribution in [3.05, 3.63) is 0 Å². The van der Waals surface area contributed by atoms with Crippen LogP contribution in [-0.4, -0.2) is 19.6 Å². The molecule has 1 nitrogen and oxygen atoms in total. The van der Waals surface area contributed by atoms with Gasteiger partial charge in [0.2, 0.25) is 0 Å². The molecule has 3 heteroatoms. The SMILES string of the molecule is CC(=S)CCCN[Si](C)(C)C. The first-order valence-corrected chi connectivity index (χ1v) is 8.07. The van der Waals surface area contributed by atoms with Crippen LogP contribution in [0, 0.1) is 0 Å². The lowest BCUT2D eigenvalue weighted by molar-refractivity contribution is 0.807. The van der Waals surface area contributed by atoms with Gasteiger partial charge in [-0.3, -0.25) is 0 Å². The highest BCUT2D eigenvalue weighted by Crippen LogP contribution is 1.96. The third kappa shape index (κ3) is 10.3. The molecule has 0 aromatic heterocycles. The lowest BCUT2D eigenvalue weighted by Crippen LogP contribution is -2.41. The average molecular weight is 189 g/mol. The number of nitrogens with one attached hydrogen (secondary N) is 1. The van der Waals surface area contributed by atoms with E-state index in [9.17, 15) is 0 Å². The van der Waals surface area contributed by atoms with Crippen molar-refractivity contribution < 1.29 is 0 Å². The molecule has 0 aliphatic carbocycles. The molecule has 0 atom stereocenters. The Morgan fingerprint density at radius 1 is 1.36 bits per heavy atom. The minimum atomic E-state index is -1.02. The molecule has 0 radical (unpaired) electrons. The van der Waals surface area contributed by atoms with Crippen LogP contribution in [-0.2, 0) is 0 Å². The molecule has 1 N–H and O–H groups in total. The van der Waals surface area contributed by atoms with Crippen molar-refractivity contribution in [2.45, 2.75) is 39.4 Å². The Labute approximate surface area is 76.7 Å². The van der Waals surface area contributed by atoms with E-state index in [1.54, 1.807) is 0 Å². The van der Waals surface area contributed by atoms with Gasteiger partial charge >= 0.3 is 0 Å². The summed E-state index contributed by atoms with van der Waals surface area (Å²) in [4.78, 5) is 4.68. The van der Waals surface area contributed by atoms with Crippen LogP contribution in [0.1, 0.15) is 19.8 Å². The smallest absolute Gasteiger partial charge is 0.116 e. The third-order valence-electron chi connectivity index (χ3n) is 1.36. The molecule has 0 spiro atoms. The molecular formula is C8H19NSSi. The third-order valence-corrected chi connectivity index (χ3v) is 2.88. The average Bonchev–Trinajstić information content (AvgIpc) is 1.78. The summed E-state index contributed by atoms with van der Waals surface area (Å²) < 4.78 is 0. The Hall–Kier alpha value is 0.267. The predicted molar refractivity (Wildman–Crippen MR) is 58.9 cm³/mol. The number of hydrogen-bond acceptors (Lipinski definition) is 2. The molecule has 0 fully saturated rings. The molecule has 0 amide bonds. The van der Waals surface area contributed by atoms with Gasteiger partial charge in [-0.2, -0.15) is 0 Å². The molecule has 0 saturated carbocycles. The van der Waals surface area contributed by atoms with Gasteiger partial charge in [0.05, 0.1) is 0 Å². The number of thiocarbonyl (C=S) groups is 1. The molecule has 0 unspecified atom stereocenters. The van der Waals surface area contributed by atoms with Crippen LogP contribution in [0.4, 0.5) is 0 Å². The minimum Gasteiger partial charge on any atom is -0.337 e. The first-order valence-electron chi connectivity index (χ1n) is 4.16. The normalized spacial score (nSPS) is 11.6. The zero-order chi connectivity index (χ0) is 8.91. The largest absolute Gasteiger partial charge is 0.337 e. The highest BCUT2D eigenvalue weighted by atomic mass is 32.1. The van der Waals surface area contributed by atoms with Crippen LogP contribution < -0.4 is 4.98 Å². The molecule has 0 aliphatic rings. The zero-order valence-electron chi connectivity index (χ0n) is 8.03. The summed E-state index contributed by atoms with van der Waals surface area (Å²) in [6.45, 7) is 10.1. The van der Waals surface area contributed by atoms with Crippen molar-refractivity contribution in [2.75, 3.05) is 6.54 Å². The lowest BCUT2D eigenvalue weighted by Gasteiger charge is -2.17. The van der Waals surface area contributed by atoms with Gasteiger partial charge in [0.15, 0.2) is 0 Å². The fourth-order valence-corrected chi connectivity index (χ4v) is 1.87. The van der Waals surface area contributed by atoms with E-state index in [1.165, 1.54) is 6.42 Å². The Morgan fingerprint density at radius 3 is 2.27 bits per heavy atom. The summed E-state index contributed by atoms with van der Waals surface area (Å²) in [5.74, 6) is 0. The first kappa shape index (κ1) is 11.3. The summed E-state index contributed by atoms with van der Waals surface area (Å²) in [6, 6.07) is 0. The van der Waals surface area contributed by atoms with Crippen LogP contribution in [0.5, 0.6) is 0 Å². The first-order chi connectivity index (χ1) is 4.92. The van der Waals surface area contributed by atoms with E-state index in [0.29, 0.717) is 0 Å². The monoisotopic (exact) mass is 189 g/mol. The van der Waals surface area contributed by atoms with Gasteiger partial charge in [-0.25, -0.2) is 0 Å². The highest BCUT2D eigenvalue weighted by Gasteiger charge is 2.10. The number of rotatable bonds is 5. The maximum atomic E-state index is 4.99.